The SMILES string of the molecule is COC(=O)[C@@](O)(c1ccc(N(C)C(=O)Nc2ccccc2)cc1)C(F)(F)F. The predicted molar refractivity (Wildman–Crippen MR) is 92.3 cm³/mol. The van der Waals surface area contributed by atoms with Gasteiger partial charge in [0.05, 0.1) is 7.11 Å². The van der Waals surface area contributed by atoms with Crippen LogP contribution in [-0.2, 0) is 15.1 Å². The van der Waals surface area contributed by atoms with Crippen LogP contribution in [0.25, 0.3) is 0 Å². The summed E-state index contributed by atoms with van der Waals surface area (Å²) in [5, 5.41) is 12.5. The molecule has 1 atom stereocenters. The molecule has 0 aliphatic carbocycles. The zero-order valence-corrected chi connectivity index (χ0v) is 14.4. The fourth-order valence-electron chi connectivity index (χ4n) is 2.32. The van der Waals surface area contributed by atoms with Crippen molar-refractivity contribution in [2.45, 2.75) is 11.8 Å². The number of para-hydroxylation sites is 1. The van der Waals surface area contributed by atoms with E-state index in [1.54, 1.807) is 30.3 Å². The molecule has 0 heterocycles. The number of urea groups is 1. The van der Waals surface area contributed by atoms with Crippen LogP contribution >= 0.6 is 0 Å². The van der Waals surface area contributed by atoms with Crippen molar-refractivity contribution in [2.75, 3.05) is 24.4 Å². The first-order valence-corrected chi connectivity index (χ1v) is 7.69. The van der Waals surface area contributed by atoms with Crippen molar-refractivity contribution in [2.24, 2.45) is 0 Å². The fraction of sp³-hybridized carbons (Fsp3) is 0.222. The van der Waals surface area contributed by atoms with E-state index in [-0.39, 0.29) is 5.69 Å². The Morgan fingerprint density at radius 1 is 1.04 bits per heavy atom. The van der Waals surface area contributed by atoms with Crippen LogP contribution in [0, 0.1) is 0 Å². The first-order valence-electron chi connectivity index (χ1n) is 7.69. The van der Waals surface area contributed by atoms with E-state index >= 15 is 0 Å². The number of ether oxygens (including phenoxy) is 1. The van der Waals surface area contributed by atoms with E-state index in [0.717, 1.165) is 19.2 Å². The van der Waals surface area contributed by atoms with Crippen LogP contribution in [0.3, 0.4) is 0 Å². The number of carbonyl (C=O) groups excluding carboxylic acids is 2. The molecule has 0 unspecified atom stereocenters. The lowest BCUT2D eigenvalue weighted by Gasteiger charge is -2.28. The molecule has 2 amide bonds. The molecule has 0 saturated heterocycles. The summed E-state index contributed by atoms with van der Waals surface area (Å²) in [7, 11) is 2.17. The summed E-state index contributed by atoms with van der Waals surface area (Å²) in [6.07, 6.45) is -5.28. The Bertz CT molecular complexity index is 810. The summed E-state index contributed by atoms with van der Waals surface area (Å²) in [4.78, 5) is 24.9. The predicted octanol–water partition coefficient (Wildman–Crippen LogP) is 3.28. The standard InChI is InChI=1S/C18H17F3N2O4/c1-23(16(25)22-13-6-4-3-5-7-13)14-10-8-12(9-11-14)17(26,15(24)27-2)18(19,20)21/h3-11,26H,1-2H3,(H,22,25)/t17-/m0/s1. The largest absolute Gasteiger partial charge is 0.466 e. The number of esters is 1. The molecule has 0 aromatic heterocycles. The minimum atomic E-state index is -5.28. The van der Waals surface area contributed by atoms with E-state index < -0.39 is 29.3 Å². The van der Waals surface area contributed by atoms with Crippen molar-refractivity contribution < 1.29 is 32.6 Å². The highest BCUT2D eigenvalue weighted by Crippen LogP contribution is 2.40. The molecule has 6 nitrogen and oxygen atoms in total. The number of nitrogens with one attached hydrogen (secondary N) is 1. The Kier molecular flexibility index (Phi) is 5.75. The summed E-state index contributed by atoms with van der Waals surface area (Å²) >= 11 is 0. The minimum absolute atomic E-state index is 0.251. The number of methoxy groups -OCH3 is 1. The van der Waals surface area contributed by atoms with Gasteiger partial charge in [-0.3, -0.25) is 4.90 Å². The Hall–Kier alpha value is -3.07. The molecule has 2 aromatic rings. The number of aliphatic hydroxyl groups is 1. The molecule has 0 radical (unpaired) electrons. The van der Waals surface area contributed by atoms with Crippen LogP contribution in [0.2, 0.25) is 0 Å². The van der Waals surface area contributed by atoms with E-state index in [2.05, 4.69) is 10.1 Å². The highest BCUT2D eigenvalue weighted by atomic mass is 19.4. The highest BCUT2D eigenvalue weighted by molar-refractivity contribution is 6.01. The van der Waals surface area contributed by atoms with Crippen molar-refractivity contribution >= 4 is 23.4 Å². The molecular weight excluding hydrogens is 365 g/mol. The number of amides is 2. The van der Waals surface area contributed by atoms with Gasteiger partial charge in [-0.05, 0) is 24.3 Å². The monoisotopic (exact) mass is 382 g/mol. The molecule has 0 bridgehead atoms. The van der Waals surface area contributed by atoms with Gasteiger partial charge in [-0.1, -0.05) is 30.3 Å². The van der Waals surface area contributed by atoms with Crippen molar-refractivity contribution in [1.82, 2.24) is 0 Å². The minimum Gasteiger partial charge on any atom is -0.466 e. The van der Waals surface area contributed by atoms with Crippen LogP contribution in [0.5, 0.6) is 0 Å². The lowest BCUT2D eigenvalue weighted by molar-refractivity contribution is -0.266. The number of hydrogen-bond donors (Lipinski definition) is 2. The van der Waals surface area contributed by atoms with E-state index in [9.17, 15) is 27.9 Å². The number of anilines is 2. The molecule has 0 aliphatic rings. The lowest BCUT2D eigenvalue weighted by Crippen LogP contribution is -2.49. The van der Waals surface area contributed by atoms with Crippen molar-refractivity contribution in [1.29, 1.82) is 0 Å². The van der Waals surface area contributed by atoms with Gasteiger partial charge in [0, 0.05) is 24.0 Å². The number of carbonyl (C=O) groups is 2. The van der Waals surface area contributed by atoms with Gasteiger partial charge < -0.3 is 15.2 Å². The second-order valence-corrected chi connectivity index (χ2v) is 5.60. The molecule has 27 heavy (non-hydrogen) atoms. The van der Waals surface area contributed by atoms with Gasteiger partial charge >= 0.3 is 18.2 Å². The maximum atomic E-state index is 13.2. The molecule has 2 aromatic carbocycles. The molecule has 0 aliphatic heterocycles. The number of halogens is 3. The Morgan fingerprint density at radius 3 is 2.07 bits per heavy atom. The summed E-state index contributed by atoms with van der Waals surface area (Å²) < 4.78 is 43.8. The molecule has 0 fully saturated rings. The molecular formula is C18H17F3N2O4. The molecule has 144 valence electrons. The van der Waals surface area contributed by atoms with Crippen molar-refractivity contribution in [3.05, 3.63) is 60.2 Å². The van der Waals surface area contributed by atoms with E-state index in [0.29, 0.717) is 5.69 Å². The number of nitrogens with zero attached hydrogens (tertiary/aromatic N) is 1. The van der Waals surface area contributed by atoms with Gasteiger partial charge in [0.25, 0.3) is 5.60 Å². The van der Waals surface area contributed by atoms with Crippen LogP contribution < -0.4 is 10.2 Å². The van der Waals surface area contributed by atoms with Crippen LogP contribution in [0.1, 0.15) is 5.56 Å². The van der Waals surface area contributed by atoms with Gasteiger partial charge in [0.2, 0.25) is 0 Å². The fourth-order valence-corrected chi connectivity index (χ4v) is 2.32. The smallest absolute Gasteiger partial charge is 0.432 e. The summed E-state index contributed by atoms with van der Waals surface area (Å²) in [5.74, 6) is -1.85. The number of alkyl halides is 3. The summed E-state index contributed by atoms with van der Waals surface area (Å²) in [5.41, 5.74) is -3.72. The third kappa shape index (κ3) is 4.03. The molecule has 2 rings (SSSR count). The van der Waals surface area contributed by atoms with Gasteiger partial charge in [-0.25, -0.2) is 9.59 Å². The average molecular weight is 382 g/mol. The van der Waals surface area contributed by atoms with Crippen LogP contribution in [-0.4, -0.2) is 37.4 Å². The van der Waals surface area contributed by atoms with Crippen LogP contribution in [0.4, 0.5) is 29.3 Å². The second-order valence-electron chi connectivity index (χ2n) is 5.60. The third-order valence-electron chi connectivity index (χ3n) is 3.89. The number of benzene rings is 2. The quantitative estimate of drug-likeness (QED) is 0.796. The Labute approximate surface area is 153 Å². The van der Waals surface area contributed by atoms with Gasteiger partial charge in [-0.15, -0.1) is 0 Å². The summed E-state index contributed by atoms with van der Waals surface area (Å²) in [6.45, 7) is 0. The number of hydrogen-bond acceptors (Lipinski definition) is 4. The Morgan fingerprint density at radius 2 is 1.59 bits per heavy atom. The average Bonchev–Trinajstić information content (AvgIpc) is 2.66. The molecule has 2 N–H and O–H groups in total. The van der Waals surface area contributed by atoms with E-state index in [1.807, 2.05) is 0 Å². The van der Waals surface area contributed by atoms with E-state index in [4.69, 9.17) is 0 Å². The normalized spacial score (nSPS) is 13.4. The molecule has 0 spiro atoms. The van der Waals surface area contributed by atoms with Gasteiger partial charge in [0.1, 0.15) is 0 Å². The van der Waals surface area contributed by atoms with Crippen LogP contribution in [0.15, 0.2) is 54.6 Å². The Balaban J connectivity index is 2.25. The molecule has 9 heteroatoms. The zero-order valence-electron chi connectivity index (χ0n) is 14.4. The maximum Gasteiger partial charge on any atom is 0.432 e. The maximum absolute atomic E-state index is 13.2. The highest BCUT2D eigenvalue weighted by Gasteiger charge is 2.62. The first kappa shape index (κ1) is 20.2. The molecule has 0 saturated carbocycles. The second kappa shape index (κ2) is 7.67. The summed E-state index contributed by atoms with van der Waals surface area (Å²) in [6, 6.07) is 12.2. The lowest BCUT2D eigenvalue weighted by atomic mass is 9.93. The first-order chi connectivity index (χ1) is 12.6. The third-order valence-corrected chi connectivity index (χ3v) is 3.89. The van der Waals surface area contributed by atoms with Crippen molar-refractivity contribution in [3.63, 3.8) is 0 Å². The number of rotatable bonds is 4. The topological polar surface area (TPSA) is 78.9 Å². The zero-order chi connectivity index (χ0) is 20.2. The van der Waals surface area contributed by atoms with Gasteiger partial charge in [-0.2, -0.15) is 13.2 Å². The van der Waals surface area contributed by atoms with Gasteiger partial charge in [0.15, 0.2) is 0 Å². The van der Waals surface area contributed by atoms with E-state index in [1.165, 1.54) is 24.1 Å². The van der Waals surface area contributed by atoms with Crippen molar-refractivity contribution in [3.8, 4) is 0 Å².